The average molecular weight is 354 g/mol. The van der Waals surface area contributed by atoms with E-state index in [1.807, 2.05) is 30.3 Å². The van der Waals surface area contributed by atoms with Gasteiger partial charge in [0, 0.05) is 28.9 Å². The minimum Gasteiger partial charge on any atom is -0.465 e. The van der Waals surface area contributed by atoms with Crippen molar-refractivity contribution in [3.8, 4) is 28.5 Å². The van der Waals surface area contributed by atoms with Gasteiger partial charge in [-0.05, 0) is 29.8 Å². The Bertz CT molecular complexity index is 1200. The highest BCUT2D eigenvalue weighted by molar-refractivity contribution is 5.99. The third kappa shape index (κ3) is 2.94. The number of carbonyl (C=O) groups is 1. The maximum atomic E-state index is 12.1. The quantitative estimate of drug-likeness (QED) is 0.493. The smallest absolute Gasteiger partial charge is 0.338 e. The van der Waals surface area contributed by atoms with Crippen LogP contribution in [0, 0.1) is 11.3 Å². The van der Waals surface area contributed by atoms with Crippen LogP contribution in [0.25, 0.3) is 33.4 Å². The van der Waals surface area contributed by atoms with Crippen molar-refractivity contribution < 1.29 is 13.9 Å². The zero-order valence-corrected chi connectivity index (χ0v) is 14.5. The molecule has 0 amide bonds. The van der Waals surface area contributed by atoms with E-state index in [1.165, 1.54) is 7.11 Å². The molecular formula is C22H14N2O3. The Hall–Kier alpha value is -3.91. The molecule has 27 heavy (non-hydrogen) atoms. The number of nitriles is 1. The van der Waals surface area contributed by atoms with Crippen LogP contribution in [0.2, 0.25) is 0 Å². The predicted octanol–water partition coefficient (Wildman–Crippen LogP) is 4.82. The summed E-state index contributed by atoms with van der Waals surface area (Å²) in [6.07, 6.45) is 3.42. The number of benzene rings is 2. The van der Waals surface area contributed by atoms with Crippen molar-refractivity contribution in [1.82, 2.24) is 4.98 Å². The van der Waals surface area contributed by atoms with Crippen LogP contribution >= 0.6 is 0 Å². The van der Waals surface area contributed by atoms with Crippen molar-refractivity contribution in [3.63, 3.8) is 0 Å². The lowest BCUT2D eigenvalue weighted by Gasteiger charge is -2.05. The molecule has 2 heterocycles. The number of hydrogen-bond acceptors (Lipinski definition) is 5. The number of pyridine rings is 1. The Balaban J connectivity index is 1.90. The Morgan fingerprint density at radius 3 is 2.74 bits per heavy atom. The fraction of sp³-hybridized carbons (Fsp3) is 0.0455. The first-order chi connectivity index (χ1) is 13.2. The molecule has 5 heteroatoms. The summed E-state index contributed by atoms with van der Waals surface area (Å²) in [4.78, 5) is 16.4. The molecule has 2 aromatic carbocycles. The van der Waals surface area contributed by atoms with Crippen molar-refractivity contribution >= 4 is 16.9 Å². The fourth-order valence-corrected chi connectivity index (χ4v) is 3.04. The molecule has 0 aliphatic carbocycles. The lowest BCUT2D eigenvalue weighted by molar-refractivity contribution is 0.0601. The van der Waals surface area contributed by atoms with Gasteiger partial charge in [-0.3, -0.25) is 4.98 Å². The molecule has 130 valence electrons. The zero-order chi connectivity index (χ0) is 18.8. The zero-order valence-electron chi connectivity index (χ0n) is 14.5. The first-order valence-electron chi connectivity index (χ1n) is 8.27. The number of fused-ring (bicyclic) bond motifs is 1. The largest absolute Gasteiger partial charge is 0.465 e. The molecule has 4 rings (SSSR count). The van der Waals surface area contributed by atoms with Crippen LogP contribution in [0.1, 0.15) is 15.9 Å². The number of rotatable bonds is 3. The van der Waals surface area contributed by atoms with Crippen LogP contribution in [0.3, 0.4) is 0 Å². The lowest BCUT2D eigenvalue weighted by atomic mass is 10.0. The summed E-state index contributed by atoms with van der Waals surface area (Å²) in [5, 5.41) is 9.96. The highest BCUT2D eigenvalue weighted by Crippen LogP contribution is 2.35. The molecule has 2 aromatic heterocycles. The number of ether oxygens (including phenoxy) is 1. The lowest BCUT2D eigenvalue weighted by Crippen LogP contribution is -2.02. The second kappa shape index (κ2) is 6.77. The Kier molecular flexibility index (Phi) is 4.15. The average Bonchev–Trinajstić information content (AvgIpc) is 3.17. The van der Waals surface area contributed by atoms with Gasteiger partial charge in [-0.15, -0.1) is 0 Å². The Morgan fingerprint density at radius 1 is 1.07 bits per heavy atom. The summed E-state index contributed by atoms with van der Waals surface area (Å²) in [5.41, 5.74) is 3.92. The number of aromatic nitrogens is 1. The SMILES string of the molecule is COC(=O)c1ccccc1-c1cc2cncc(-c3cccc(C#N)c3)c2o1. The van der Waals surface area contributed by atoms with Crippen molar-refractivity contribution in [2.24, 2.45) is 0 Å². The van der Waals surface area contributed by atoms with E-state index in [2.05, 4.69) is 11.1 Å². The monoisotopic (exact) mass is 354 g/mol. The van der Waals surface area contributed by atoms with Gasteiger partial charge in [-0.2, -0.15) is 5.26 Å². The molecule has 0 saturated carbocycles. The van der Waals surface area contributed by atoms with Crippen molar-refractivity contribution in [2.75, 3.05) is 7.11 Å². The van der Waals surface area contributed by atoms with E-state index in [0.29, 0.717) is 28.0 Å². The molecular weight excluding hydrogens is 340 g/mol. The van der Waals surface area contributed by atoms with Gasteiger partial charge in [0.25, 0.3) is 0 Å². The van der Waals surface area contributed by atoms with Crippen LogP contribution in [0.4, 0.5) is 0 Å². The summed E-state index contributed by atoms with van der Waals surface area (Å²) < 4.78 is 11.0. The van der Waals surface area contributed by atoms with Crippen molar-refractivity contribution in [3.05, 3.63) is 78.1 Å². The molecule has 0 aliphatic rings. The summed E-state index contributed by atoms with van der Waals surface area (Å²) >= 11 is 0. The first kappa shape index (κ1) is 16.6. The minimum atomic E-state index is -0.425. The summed E-state index contributed by atoms with van der Waals surface area (Å²) in [5.74, 6) is 0.128. The third-order valence-corrected chi connectivity index (χ3v) is 4.32. The number of carbonyl (C=O) groups excluding carboxylic acids is 1. The van der Waals surface area contributed by atoms with Gasteiger partial charge in [-0.25, -0.2) is 4.79 Å². The van der Waals surface area contributed by atoms with Gasteiger partial charge in [-0.1, -0.05) is 30.3 Å². The molecule has 0 bridgehead atoms. The molecule has 0 unspecified atom stereocenters. The number of methoxy groups -OCH3 is 1. The molecule has 0 atom stereocenters. The topological polar surface area (TPSA) is 76.1 Å². The van der Waals surface area contributed by atoms with Gasteiger partial charge in [0.15, 0.2) is 0 Å². The fourth-order valence-electron chi connectivity index (χ4n) is 3.04. The minimum absolute atomic E-state index is 0.425. The van der Waals surface area contributed by atoms with Gasteiger partial charge >= 0.3 is 5.97 Å². The molecule has 0 N–H and O–H groups in total. The Labute approximate surface area is 155 Å². The normalized spacial score (nSPS) is 10.5. The summed E-state index contributed by atoms with van der Waals surface area (Å²) in [7, 11) is 1.35. The van der Waals surface area contributed by atoms with E-state index in [0.717, 1.165) is 16.5 Å². The van der Waals surface area contributed by atoms with E-state index in [9.17, 15) is 4.79 Å². The molecule has 0 saturated heterocycles. The summed E-state index contributed by atoms with van der Waals surface area (Å²) in [6.45, 7) is 0. The number of esters is 1. The molecule has 0 spiro atoms. The third-order valence-electron chi connectivity index (χ3n) is 4.32. The number of hydrogen-bond donors (Lipinski definition) is 0. The van der Waals surface area contributed by atoms with Crippen LogP contribution in [-0.4, -0.2) is 18.1 Å². The van der Waals surface area contributed by atoms with E-state index in [1.54, 1.807) is 36.7 Å². The van der Waals surface area contributed by atoms with E-state index < -0.39 is 5.97 Å². The molecule has 0 aliphatic heterocycles. The van der Waals surface area contributed by atoms with Gasteiger partial charge in [0.05, 0.1) is 24.3 Å². The Morgan fingerprint density at radius 2 is 1.93 bits per heavy atom. The molecule has 0 fully saturated rings. The van der Waals surface area contributed by atoms with Crippen molar-refractivity contribution in [1.29, 1.82) is 5.26 Å². The van der Waals surface area contributed by atoms with Gasteiger partial charge < -0.3 is 9.15 Å². The highest BCUT2D eigenvalue weighted by atomic mass is 16.5. The van der Waals surface area contributed by atoms with E-state index in [-0.39, 0.29) is 0 Å². The highest BCUT2D eigenvalue weighted by Gasteiger charge is 2.17. The maximum absolute atomic E-state index is 12.1. The standard InChI is InChI=1S/C22H14N2O3/c1-26-22(25)18-8-3-2-7-17(18)20-10-16-12-24-13-19(21(16)27-20)15-6-4-5-14(9-15)11-23/h2-10,12-13H,1H3. The maximum Gasteiger partial charge on any atom is 0.338 e. The van der Waals surface area contributed by atoms with Crippen LogP contribution in [0.15, 0.2) is 71.4 Å². The first-order valence-corrected chi connectivity index (χ1v) is 8.27. The van der Waals surface area contributed by atoms with Crippen LogP contribution in [-0.2, 0) is 4.74 Å². The number of furan rings is 1. The van der Waals surface area contributed by atoms with E-state index in [4.69, 9.17) is 14.4 Å². The van der Waals surface area contributed by atoms with Crippen LogP contribution < -0.4 is 0 Å². The molecule has 5 nitrogen and oxygen atoms in total. The summed E-state index contributed by atoms with van der Waals surface area (Å²) in [6, 6.07) is 18.4. The van der Waals surface area contributed by atoms with Gasteiger partial charge in [0.1, 0.15) is 11.3 Å². The second-order valence-corrected chi connectivity index (χ2v) is 5.95. The molecule has 0 radical (unpaired) electrons. The van der Waals surface area contributed by atoms with Crippen LogP contribution in [0.5, 0.6) is 0 Å². The van der Waals surface area contributed by atoms with E-state index >= 15 is 0 Å². The predicted molar refractivity (Wildman–Crippen MR) is 101 cm³/mol. The van der Waals surface area contributed by atoms with Gasteiger partial charge in [0.2, 0.25) is 0 Å². The molecule has 4 aromatic rings. The number of nitrogens with zero attached hydrogens (tertiary/aromatic N) is 2. The second-order valence-electron chi connectivity index (χ2n) is 5.95. The van der Waals surface area contributed by atoms with Crippen molar-refractivity contribution in [2.45, 2.75) is 0 Å².